The third-order valence-corrected chi connectivity index (χ3v) is 3.42. The number of carbonyl (C=O) groups excluding carboxylic acids is 1. The predicted molar refractivity (Wildman–Crippen MR) is 68.2 cm³/mol. The second-order valence-corrected chi connectivity index (χ2v) is 4.83. The van der Waals surface area contributed by atoms with Gasteiger partial charge in [-0.15, -0.1) is 0 Å². The van der Waals surface area contributed by atoms with E-state index in [1.807, 2.05) is 6.92 Å². The first kappa shape index (κ1) is 14.8. The Kier molecular flexibility index (Phi) is 5.91. The molecule has 0 bridgehead atoms. The highest BCUT2D eigenvalue weighted by Crippen LogP contribution is 2.19. The van der Waals surface area contributed by atoms with Crippen LogP contribution < -0.4 is 11.1 Å². The molecule has 104 valence electrons. The van der Waals surface area contributed by atoms with E-state index in [0.717, 1.165) is 25.7 Å². The molecule has 0 saturated heterocycles. The van der Waals surface area contributed by atoms with Crippen molar-refractivity contribution in [2.24, 2.45) is 16.8 Å². The number of nitrogens with zero attached hydrogens (tertiary/aromatic N) is 1. The fourth-order valence-electron chi connectivity index (χ4n) is 2.33. The van der Waals surface area contributed by atoms with Crippen LogP contribution >= 0.6 is 0 Å². The van der Waals surface area contributed by atoms with Crippen molar-refractivity contribution in [2.75, 3.05) is 0 Å². The second kappa shape index (κ2) is 7.20. The summed E-state index contributed by atoms with van der Waals surface area (Å²) in [5, 5.41) is 24.2. The van der Waals surface area contributed by atoms with Gasteiger partial charge in [-0.2, -0.15) is 0 Å². The zero-order valence-corrected chi connectivity index (χ0v) is 10.8. The van der Waals surface area contributed by atoms with E-state index in [9.17, 15) is 9.90 Å². The monoisotopic (exact) mass is 257 g/mol. The van der Waals surface area contributed by atoms with Crippen LogP contribution in [-0.2, 0) is 4.79 Å². The molecule has 1 aliphatic rings. The van der Waals surface area contributed by atoms with Gasteiger partial charge in [0.2, 0.25) is 5.91 Å². The molecule has 0 aliphatic heterocycles. The lowest BCUT2D eigenvalue weighted by Gasteiger charge is -2.29. The number of hydrogen-bond donors (Lipinski definition) is 4. The number of aliphatic hydroxyl groups excluding tert-OH is 1. The highest BCUT2D eigenvalue weighted by Gasteiger charge is 2.29. The fraction of sp³-hybridized carbons (Fsp3) is 0.833. The molecule has 0 aromatic heterocycles. The molecule has 6 heteroatoms. The Morgan fingerprint density at radius 2 is 2.17 bits per heavy atom. The van der Waals surface area contributed by atoms with Crippen LogP contribution in [0.5, 0.6) is 0 Å². The van der Waals surface area contributed by atoms with Crippen molar-refractivity contribution >= 4 is 11.7 Å². The summed E-state index contributed by atoms with van der Waals surface area (Å²) in [5.74, 6) is -0.952. The van der Waals surface area contributed by atoms with Gasteiger partial charge in [0.15, 0.2) is 5.84 Å². The van der Waals surface area contributed by atoms with Crippen molar-refractivity contribution in [2.45, 2.75) is 57.6 Å². The molecule has 0 radical (unpaired) electrons. The number of carbonyl (C=O) groups is 1. The smallest absolute Gasteiger partial charge is 0.231 e. The molecular weight excluding hydrogens is 234 g/mol. The average molecular weight is 257 g/mol. The number of amides is 1. The summed E-state index contributed by atoms with van der Waals surface area (Å²) in [5.41, 5.74) is 5.52. The Hall–Kier alpha value is -1.30. The Morgan fingerprint density at radius 1 is 1.50 bits per heavy atom. The minimum atomic E-state index is -0.617. The molecule has 3 unspecified atom stereocenters. The quantitative estimate of drug-likeness (QED) is 0.250. The summed E-state index contributed by atoms with van der Waals surface area (Å²) < 4.78 is 0. The van der Waals surface area contributed by atoms with Gasteiger partial charge in [0.05, 0.1) is 18.1 Å². The Balaban J connectivity index is 2.60. The van der Waals surface area contributed by atoms with Gasteiger partial charge in [-0.05, 0) is 19.3 Å². The standard InChI is InChI=1S/C12H23N3O3/c1-2-5-8(11(13)15-18)12(17)14-9-6-3-4-7-10(9)16/h8-10,16,18H,2-7H2,1H3,(H2,13,15)(H,14,17). The molecule has 1 fully saturated rings. The minimum absolute atomic E-state index is 0.0698. The SMILES string of the molecule is CCCC(C(=O)NC1CCCCC1O)C(N)=NO. The van der Waals surface area contributed by atoms with E-state index in [1.54, 1.807) is 0 Å². The van der Waals surface area contributed by atoms with Crippen LogP contribution in [0.1, 0.15) is 45.4 Å². The molecule has 0 aromatic carbocycles. The molecule has 1 aliphatic carbocycles. The molecule has 0 heterocycles. The Bertz CT molecular complexity index is 307. The molecule has 18 heavy (non-hydrogen) atoms. The Morgan fingerprint density at radius 3 is 2.72 bits per heavy atom. The molecule has 6 nitrogen and oxygen atoms in total. The van der Waals surface area contributed by atoms with Crippen molar-refractivity contribution in [3.05, 3.63) is 0 Å². The molecule has 1 rings (SSSR count). The number of rotatable bonds is 5. The molecule has 3 atom stereocenters. The van der Waals surface area contributed by atoms with E-state index in [1.165, 1.54) is 0 Å². The number of amidine groups is 1. The molecular formula is C12H23N3O3. The van der Waals surface area contributed by atoms with Crippen LogP contribution in [0, 0.1) is 5.92 Å². The molecule has 1 amide bonds. The van der Waals surface area contributed by atoms with Gasteiger partial charge in [0.1, 0.15) is 0 Å². The lowest BCUT2D eigenvalue weighted by atomic mass is 9.91. The van der Waals surface area contributed by atoms with E-state index in [-0.39, 0.29) is 17.8 Å². The van der Waals surface area contributed by atoms with Crippen molar-refractivity contribution in [1.29, 1.82) is 0 Å². The van der Waals surface area contributed by atoms with Gasteiger partial charge < -0.3 is 21.4 Å². The minimum Gasteiger partial charge on any atom is -0.409 e. The van der Waals surface area contributed by atoms with E-state index < -0.39 is 12.0 Å². The van der Waals surface area contributed by atoms with Crippen LogP contribution in [0.3, 0.4) is 0 Å². The highest BCUT2D eigenvalue weighted by atomic mass is 16.4. The van der Waals surface area contributed by atoms with Crippen molar-refractivity contribution in [3.8, 4) is 0 Å². The largest absolute Gasteiger partial charge is 0.409 e. The van der Waals surface area contributed by atoms with E-state index in [2.05, 4.69) is 10.5 Å². The van der Waals surface area contributed by atoms with Crippen LogP contribution in [0.4, 0.5) is 0 Å². The predicted octanol–water partition coefficient (Wildman–Crippen LogP) is 0.569. The summed E-state index contributed by atoms with van der Waals surface area (Å²) >= 11 is 0. The lowest BCUT2D eigenvalue weighted by Crippen LogP contribution is -2.49. The number of aliphatic hydroxyl groups is 1. The van der Waals surface area contributed by atoms with Crippen molar-refractivity contribution in [1.82, 2.24) is 5.32 Å². The van der Waals surface area contributed by atoms with Crippen molar-refractivity contribution in [3.63, 3.8) is 0 Å². The zero-order chi connectivity index (χ0) is 13.5. The van der Waals surface area contributed by atoms with E-state index >= 15 is 0 Å². The zero-order valence-electron chi connectivity index (χ0n) is 10.8. The summed E-state index contributed by atoms with van der Waals surface area (Å²) in [6.07, 6.45) is 4.30. The first-order valence-corrected chi connectivity index (χ1v) is 6.56. The maximum Gasteiger partial charge on any atom is 0.231 e. The Labute approximate surface area is 107 Å². The summed E-state index contributed by atoms with van der Waals surface area (Å²) in [7, 11) is 0. The van der Waals surface area contributed by atoms with Gasteiger partial charge in [0, 0.05) is 0 Å². The molecule has 5 N–H and O–H groups in total. The van der Waals surface area contributed by atoms with E-state index in [4.69, 9.17) is 10.9 Å². The maximum absolute atomic E-state index is 12.1. The van der Waals surface area contributed by atoms with Gasteiger partial charge in [-0.25, -0.2) is 0 Å². The second-order valence-electron chi connectivity index (χ2n) is 4.83. The topological polar surface area (TPSA) is 108 Å². The number of hydrogen-bond acceptors (Lipinski definition) is 4. The normalized spacial score (nSPS) is 26.7. The molecule has 0 spiro atoms. The summed E-state index contributed by atoms with van der Waals surface area (Å²) in [6, 6.07) is -0.211. The third-order valence-electron chi connectivity index (χ3n) is 3.42. The summed E-state index contributed by atoms with van der Waals surface area (Å²) in [4.78, 5) is 12.1. The molecule has 0 aromatic rings. The van der Waals surface area contributed by atoms with E-state index in [0.29, 0.717) is 12.8 Å². The van der Waals surface area contributed by atoms with Gasteiger partial charge in [-0.3, -0.25) is 4.79 Å². The average Bonchev–Trinajstić information content (AvgIpc) is 2.37. The highest BCUT2D eigenvalue weighted by molar-refractivity contribution is 6.02. The third kappa shape index (κ3) is 3.87. The van der Waals surface area contributed by atoms with Crippen LogP contribution in [0.2, 0.25) is 0 Å². The van der Waals surface area contributed by atoms with Crippen LogP contribution in [-0.4, -0.2) is 34.2 Å². The van der Waals surface area contributed by atoms with Crippen LogP contribution in [0.15, 0.2) is 5.16 Å². The van der Waals surface area contributed by atoms with Gasteiger partial charge >= 0.3 is 0 Å². The van der Waals surface area contributed by atoms with Crippen LogP contribution in [0.25, 0.3) is 0 Å². The summed E-state index contributed by atoms with van der Waals surface area (Å²) in [6.45, 7) is 1.93. The number of nitrogens with one attached hydrogen (secondary N) is 1. The molecule has 1 saturated carbocycles. The van der Waals surface area contributed by atoms with Crippen molar-refractivity contribution < 1.29 is 15.1 Å². The van der Waals surface area contributed by atoms with Gasteiger partial charge in [0.25, 0.3) is 0 Å². The number of nitrogens with two attached hydrogens (primary N) is 1. The first-order valence-electron chi connectivity index (χ1n) is 6.56. The number of oxime groups is 1. The lowest BCUT2D eigenvalue weighted by molar-refractivity contribution is -0.125. The van der Waals surface area contributed by atoms with Gasteiger partial charge in [-0.1, -0.05) is 31.3 Å². The first-order chi connectivity index (χ1) is 8.60. The fourth-order valence-corrected chi connectivity index (χ4v) is 2.33. The maximum atomic E-state index is 12.1.